The van der Waals surface area contributed by atoms with E-state index in [0.717, 1.165) is 10.8 Å². The van der Waals surface area contributed by atoms with Gasteiger partial charge in [-0.15, -0.1) is 0 Å². The smallest absolute Gasteiger partial charge is 0.491 e. The largest absolute Gasteiger partial charge is 0.527 e. The lowest BCUT2D eigenvalue weighted by Crippen LogP contribution is -2.07. The highest BCUT2D eigenvalue weighted by atomic mass is 35.5. The van der Waals surface area contributed by atoms with Crippen molar-refractivity contribution in [2.75, 3.05) is 13.2 Å². The van der Waals surface area contributed by atoms with Gasteiger partial charge in [0.2, 0.25) is 0 Å². The van der Waals surface area contributed by atoms with Gasteiger partial charge in [0.1, 0.15) is 18.1 Å². The number of ether oxygens (including phenoxy) is 1. The summed E-state index contributed by atoms with van der Waals surface area (Å²) in [7, 11) is -4.27. The third kappa shape index (κ3) is 4.97. The predicted molar refractivity (Wildman–Crippen MR) is 97.3 cm³/mol. The Bertz CT molecular complexity index is 915. The Morgan fingerprint density at radius 3 is 2.44 bits per heavy atom. The molecule has 3 aromatic rings. The molecule has 0 saturated carbocycles. The fourth-order valence-electron chi connectivity index (χ4n) is 2.24. The second kappa shape index (κ2) is 7.89. The van der Waals surface area contributed by atoms with Crippen LogP contribution in [0.4, 0.5) is 0 Å². The monoisotopic (exact) mass is 378 g/mol. The summed E-state index contributed by atoms with van der Waals surface area (Å²) >= 11 is 5.88. The first-order valence-electron chi connectivity index (χ1n) is 7.57. The normalized spacial score (nSPS) is 13.4. The molecule has 1 atom stereocenters. The first kappa shape index (κ1) is 17.8. The second-order valence-corrected chi connectivity index (χ2v) is 6.97. The van der Waals surface area contributed by atoms with Crippen LogP contribution >= 0.6 is 19.4 Å². The molecule has 0 aliphatic carbocycles. The van der Waals surface area contributed by atoms with Crippen molar-refractivity contribution in [1.82, 2.24) is 0 Å². The average Bonchev–Trinajstić information content (AvgIpc) is 2.60. The van der Waals surface area contributed by atoms with Crippen LogP contribution in [0.1, 0.15) is 0 Å². The average molecular weight is 379 g/mol. The third-order valence-electron chi connectivity index (χ3n) is 3.38. The molecule has 0 saturated heterocycles. The molecule has 0 aliphatic heterocycles. The van der Waals surface area contributed by atoms with Crippen molar-refractivity contribution in [2.45, 2.75) is 0 Å². The van der Waals surface area contributed by atoms with Crippen LogP contribution in [-0.4, -0.2) is 18.1 Å². The molecule has 0 amide bonds. The van der Waals surface area contributed by atoms with Gasteiger partial charge in [0.25, 0.3) is 0 Å². The van der Waals surface area contributed by atoms with Crippen molar-refractivity contribution in [3.63, 3.8) is 0 Å². The number of hydrogen-bond acceptors (Lipinski definition) is 4. The van der Waals surface area contributed by atoms with Crippen molar-refractivity contribution >= 4 is 30.2 Å². The van der Waals surface area contributed by atoms with Crippen LogP contribution in [0, 0.1) is 0 Å². The van der Waals surface area contributed by atoms with Crippen LogP contribution in [0.2, 0.25) is 5.02 Å². The first-order chi connectivity index (χ1) is 12.0. The molecule has 0 radical (unpaired) electrons. The van der Waals surface area contributed by atoms with Crippen LogP contribution < -0.4 is 9.26 Å². The van der Waals surface area contributed by atoms with E-state index < -0.39 is 7.82 Å². The summed E-state index contributed by atoms with van der Waals surface area (Å²) in [6, 6.07) is 20.0. The van der Waals surface area contributed by atoms with E-state index >= 15 is 0 Å². The van der Waals surface area contributed by atoms with Gasteiger partial charge in [0, 0.05) is 0 Å². The van der Waals surface area contributed by atoms with Crippen LogP contribution in [0.15, 0.2) is 66.7 Å². The maximum atomic E-state index is 11.9. The highest BCUT2D eigenvalue weighted by Crippen LogP contribution is 2.45. The summed E-state index contributed by atoms with van der Waals surface area (Å²) < 4.78 is 27.3. The number of phosphoric ester groups is 1. The zero-order valence-corrected chi connectivity index (χ0v) is 14.8. The van der Waals surface area contributed by atoms with E-state index in [1.807, 2.05) is 42.5 Å². The van der Waals surface area contributed by atoms with Crippen molar-refractivity contribution in [3.05, 3.63) is 71.8 Å². The van der Waals surface area contributed by atoms with Crippen molar-refractivity contribution in [1.29, 1.82) is 0 Å². The molecule has 7 heteroatoms. The maximum Gasteiger partial charge on any atom is 0.527 e. The van der Waals surface area contributed by atoms with Gasteiger partial charge in [-0.25, -0.2) is 4.57 Å². The summed E-state index contributed by atoms with van der Waals surface area (Å²) in [6.45, 7) is -0.000169. The number of hydrogen-bond donors (Lipinski definition) is 1. The summed E-state index contributed by atoms with van der Waals surface area (Å²) in [5.74, 6) is 0.743. The predicted octanol–water partition coefficient (Wildman–Crippen LogP) is 5.07. The van der Waals surface area contributed by atoms with E-state index in [1.54, 1.807) is 18.2 Å². The summed E-state index contributed by atoms with van der Waals surface area (Å²) in [4.78, 5) is 9.73. The molecule has 1 N–H and O–H groups in total. The van der Waals surface area contributed by atoms with E-state index in [-0.39, 0.29) is 24.0 Å². The Morgan fingerprint density at radius 1 is 0.920 bits per heavy atom. The van der Waals surface area contributed by atoms with Crippen LogP contribution in [0.5, 0.6) is 11.5 Å². The number of fused-ring (bicyclic) bond motifs is 1. The standard InChI is InChI=1S/C18H16ClO5P/c19-17-7-3-4-8-18(17)24-25(20,21)23-12-11-22-16-10-9-14-5-1-2-6-15(14)13-16/h1-10,13H,11-12H2,(H,20,21). The SMILES string of the molecule is O=P(O)(OCCOc1ccc2ccccc2c1)Oc1ccccc1Cl. The molecule has 0 fully saturated rings. The number of rotatable bonds is 7. The Balaban J connectivity index is 1.51. The maximum absolute atomic E-state index is 11.9. The van der Waals surface area contributed by atoms with Crippen molar-refractivity contribution in [3.8, 4) is 11.5 Å². The number of halogens is 1. The highest BCUT2D eigenvalue weighted by molar-refractivity contribution is 7.47. The Hall–Kier alpha value is -2.04. The lowest BCUT2D eigenvalue weighted by Gasteiger charge is -2.14. The molecule has 0 aliphatic rings. The van der Waals surface area contributed by atoms with Gasteiger partial charge >= 0.3 is 7.82 Å². The van der Waals surface area contributed by atoms with Gasteiger partial charge in [-0.2, -0.15) is 0 Å². The Morgan fingerprint density at radius 2 is 1.64 bits per heavy atom. The molecule has 130 valence electrons. The second-order valence-electron chi connectivity index (χ2n) is 5.18. The first-order valence-corrected chi connectivity index (χ1v) is 9.44. The molecule has 0 aromatic heterocycles. The summed E-state index contributed by atoms with van der Waals surface area (Å²) in [6.07, 6.45) is 0. The lowest BCUT2D eigenvalue weighted by atomic mass is 10.1. The number of para-hydroxylation sites is 1. The van der Waals surface area contributed by atoms with Crippen LogP contribution in [0.25, 0.3) is 10.8 Å². The molecular weight excluding hydrogens is 363 g/mol. The number of phosphoric acid groups is 1. The van der Waals surface area contributed by atoms with Gasteiger partial charge in [0.15, 0.2) is 0 Å². The van der Waals surface area contributed by atoms with Gasteiger partial charge in [-0.1, -0.05) is 54.1 Å². The molecule has 0 heterocycles. The van der Waals surface area contributed by atoms with E-state index in [0.29, 0.717) is 5.75 Å². The molecule has 3 rings (SSSR count). The van der Waals surface area contributed by atoms with E-state index in [4.69, 9.17) is 25.4 Å². The fraction of sp³-hybridized carbons (Fsp3) is 0.111. The Kier molecular flexibility index (Phi) is 5.61. The zero-order chi connectivity index (χ0) is 17.7. The molecule has 0 spiro atoms. The van der Waals surface area contributed by atoms with Crippen LogP contribution in [0.3, 0.4) is 0 Å². The molecule has 25 heavy (non-hydrogen) atoms. The molecule has 0 bridgehead atoms. The fourth-order valence-corrected chi connectivity index (χ4v) is 3.23. The topological polar surface area (TPSA) is 65.0 Å². The minimum absolute atomic E-state index is 0.0884. The van der Waals surface area contributed by atoms with E-state index in [2.05, 4.69) is 0 Å². The van der Waals surface area contributed by atoms with Gasteiger partial charge in [0.05, 0.1) is 11.6 Å². The molecule has 5 nitrogen and oxygen atoms in total. The highest BCUT2D eigenvalue weighted by Gasteiger charge is 2.23. The van der Waals surface area contributed by atoms with Crippen molar-refractivity contribution in [2.24, 2.45) is 0 Å². The Labute approximate surface area is 150 Å². The molecular formula is C18H16ClO5P. The third-order valence-corrected chi connectivity index (χ3v) is 4.63. The van der Waals surface area contributed by atoms with Gasteiger partial charge in [-0.05, 0) is 35.0 Å². The van der Waals surface area contributed by atoms with Crippen LogP contribution in [-0.2, 0) is 9.09 Å². The summed E-state index contributed by atoms with van der Waals surface area (Å²) in [5, 5.41) is 2.39. The summed E-state index contributed by atoms with van der Waals surface area (Å²) in [5.41, 5.74) is 0. The van der Waals surface area contributed by atoms with Gasteiger partial charge < -0.3 is 9.26 Å². The quantitative estimate of drug-likeness (QED) is 0.459. The van der Waals surface area contributed by atoms with Crippen molar-refractivity contribution < 1.29 is 23.2 Å². The number of benzene rings is 3. The van der Waals surface area contributed by atoms with E-state index in [9.17, 15) is 9.46 Å². The minimum Gasteiger partial charge on any atom is -0.491 e. The van der Waals surface area contributed by atoms with Gasteiger partial charge in [-0.3, -0.25) is 9.42 Å². The molecule has 3 aromatic carbocycles. The molecule has 1 unspecified atom stereocenters. The lowest BCUT2D eigenvalue weighted by molar-refractivity contribution is 0.165. The van der Waals surface area contributed by atoms with E-state index in [1.165, 1.54) is 6.07 Å². The zero-order valence-electron chi connectivity index (χ0n) is 13.2. The minimum atomic E-state index is -4.27.